The van der Waals surface area contributed by atoms with Gasteiger partial charge in [-0.1, -0.05) is 49.4 Å². The number of ether oxygens (including phenoxy) is 2. The van der Waals surface area contributed by atoms with E-state index in [0.717, 1.165) is 11.6 Å². The van der Waals surface area contributed by atoms with Crippen LogP contribution in [0.5, 0.6) is 0 Å². The molecule has 0 amide bonds. The number of carboxylic acid groups (broad SMARTS) is 1. The Labute approximate surface area is 160 Å². The van der Waals surface area contributed by atoms with E-state index in [1.54, 1.807) is 0 Å². The van der Waals surface area contributed by atoms with Gasteiger partial charge >= 0.3 is 51.4 Å². The van der Waals surface area contributed by atoms with Crippen LogP contribution in [-0.2, 0) is 23.9 Å². The van der Waals surface area contributed by atoms with Crippen molar-refractivity contribution in [3.63, 3.8) is 0 Å². The minimum atomic E-state index is -1.17. The molecule has 0 saturated heterocycles. The predicted molar refractivity (Wildman–Crippen MR) is 65.9 cm³/mol. The van der Waals surface area contributed by atoms with Gasteiger partial charge in [0.05, 0.1) is 5.97 Å². The molecule has 0 aromatic heterocycles. The predicted octanol–water partition coefficient (Wildman–Crippen LogP) is -3.15. The Morgan fingerprint density at radius 2 is 1.50 bits per heavy atom. The van der Waals surface area contributed by atoms with Crippen molar-refractivity contribution in [2.75, 3.05) is 14.2 Å². The monoisotopic (exact) mass is 304 g/mol. The van der Waals surface area contributed by atoms with Crippen molar-refractivity contribution in [2.24, 2.45) is 0 Å². The van der Waals surface area contributed by atoms with Crippen molar-refractivity contribution < 1.29 is 80.3 Å². The number of benzene rings is 1. The topological polar surface area (TPSA) is 92.7 Å². The van der Waals surface area contributed by atoms with E-state index >= 15 is 0 Å². The van der Waals surface area contributed by atoms with Crippen molar-refractivity contribution >= 4 is 25.0 Å². The molecule has 0 saturated carbocycles. The summed E-state index contributed by atoms with van der Waals surface area (Å²) in [7, 11) is 2.51. The molecule has 0 aliphatic carbocycles. The van der Waals surface area contributed by atoms with E-state index in [1.165, 1.54) is 33.2 Å². The van der Waals surface area contributed by atoms with Crippen LogP contribution >= 0.6 is 0 Å². The molecular weight excluding hydrogens is 291 g/mol. The summed E-state index contributed by atoms with van der Waals surface area (Å²) < 4.78 is 7.47. The molecule has 20 heavy (non-hydrogen) atoms. The van der Waals surface area contributed by atoms with Crippen LogP contribution in [-0.4, -0.2) is 33.1 Å². The van der Waals surface area contributed by atoms with Crippen LogP contribution in [0.4, 0.5) is 0 Å². The van der Waals surface area contributed by atoms with E-state index < -0.39 is 5.97 Å². The second-order valence-electron chi connectivity index (χ2n) is 2.64. The molecule has 1 rings (SSSR count). The number of rotatable bonds is 4. The molecule has 6 nitrogen and oxygen atoms in total. The zero-order valence-electron chi connectivity index (χ0n) is 11.5. The first-order valence-corrected chi connectivity index (χ1v) is 4.86. The summed E-state index contributed by atoms with van der Waals surface area (Å²) in [5.41, 5.74) is 0.858. The molecule has 1 aromatic rings. The molecule has 0 heterocycles. The van der Waals surface area contributed by atoms with Gasteiger partial charge in [-0.05, 0) is 11.6 Å². The first-order chi connectivity index (χ1) is 9.12. The van der Waals surface area contributed by atoms with Gasteiger partial charge < -0.3 is 29.0 Å². The molecule has 7 heteroatoms. The third-order valence-electron chi connectivity index (χ3n) is 1.38. The second-order valence-corrected chi connectivity index (χ2v) is 2.64. The van der Waals surface area contributed by atoms with Crippen molar-refractivity contribution in [3.05, 3.63) is 42.0 Å². The van der Waals surface area contributed by atoms with Crippen molar-refractivity contribution in [1.82, 2.24) is 0 Å². The van der Waals surface area contributed by atoms with E-state index in [2.05, 4.69) is 9.47 Å². The average Bonchev–Trinajstić information content (AvgIpc) is 2.46. The van der Waals surface area contributed by atoms with Gasteiger partial charge in [0.25, 0.3) is 0 Å². The Balaban J connectivity index is -0.000000272. The molecule has 1 aromatic carbocycles. The number of carbonyl (C=O) groups excluding carboxylic acids is 3. The summed E-state index contributed by atoms with van der Waals surface area (Å²) in [5, 5.41) is 9.97. The molecule has 0 unspecified atom stereocenters. The maximum atomic E-state index is 9.97. The number of carboxylic acids is 1. The summed E-state index contributed by atoms with van der Waals surface area (Å²) in [6.07, 6.45) is 2.50. The number of hydrogen-bond donors (Lipinski definition) is 0. The van der Waals surface area contributed by atoms with Crippen molar-refractivity contribution in [3.8, 4) is 0 Å². The fourth-order valence-corrected chi connectivity index (χ4v) is 0.728. The van der Waals surface area contributed by atoms with Crippen LogP contribution in [0.3, 0.4) is 0 Å². The Hall–Kier alpha value is -0.994. The Morgan fingerprint density at radius 1 is 1.10 bits per heavy atom. The molecule has 0 aliphatic heterocycles. The van der Waals surface area contributed by atoms with Gasteiger partial charge in [-0.3, -0.25) is 0 Å². The summed E-state index contributed by atoms with van der Waals surface area (Å²) in [6.45, 7) is 2.36. The van der Waals surface area contributed by atoms with E-state index in [9.17, 15) is 9.90 Å². The molecule has 0 atom stereocenters. The summed E-state index contributed by atoms with van der Waals surface area (Å²) >= 11 is 0. The van der Waals surface area contributed by atoms with Crippen molar-refractivity contribution in [2.45, 2.75) is 0 Å². The van der Waals surface area contributed by atoms with Crippen LogP contribution in [0, 0.1) is 0 Å². The standard InChI is InChI=1S/C9H8O2.2C2H3O2.K/c10-9(11)7-6-8-4-2-1-3-5-8;2*1-4-2-3;/h1-7H,(H,10,11);2*1H3;/q;2*-1;+1/p-1/b7-6+;;;. The van der Waals surface area contributed by atoms with Crippen LogP contribution in [0.2, 0.25) is 0 Å². The average molecular weight is 304 g/mol. The van der Waals surface area contributed by atoms with Crippen LogP contribution < -0.4 is 56.5 Å². The molecule has 0 spiro atoms. The molecule has 0 N–H and O–H groups in total. The van der Waals surface area contributed by atoms with E-state index in [1.807, 2.05) is 30.3 Å². The van der Waals surface area contributed by atoms with Gasteiger partial charge in [0.2, 0.25) is 0 Å². The number of aliphatic carboxylic acids is 1. The van der Waals surface area contributed by atoms with Gasteiger partial charge in [-0.15, -0.1) is 0 Å². The normalized spacial score (nSPS) is 7.70. The number of carbonyl (C=O) groups is 1. The van der Waals surface area contributed by atoms with Crippen LogP contribution in [0.1, 0.15) is 5.56 Å². The third-order valence-corrected chi connectivity index (χ3v) is 1.38. The SMILES string of the molecule is CO[C-]=O.CO[C-]=O.O=C([O-])/C=C/c1ccccc1.[K+]. The largest absolute Gasteiger partial charge is 1.00 e. The summed E-state index contributed by atoms with van der Waals surface area (Å²) in [6, 6.07) is 9.19. The first-order valence-electron chi connectivity index (χ1n) is 4.86. The summed E-state index contributed by atoms with van der Waals surface area (Å²) in [4.78, 5) is 27.6. The minimum absolute atomic E-state index is 0. The summed E-state index contributed by atoms with van der Waals surface area (Å²) in [5.74, 6) is -1.17. The van der Waals surface area contributed by atoms with Gasteiger partial charge in [0, 0.05) is 14.2 Å². The number of hydrogen-bond acceptors (Lipinski definition) is 6. The third kappa shape index (κ3) is 22.2. The maximum absolute atomic E-state index is 9.97. The second kappa shape index (κ2) is 20.3. The van der Waals surface area contributed by atoms with E-state index in [4.69, 9.17) is 9.59 Å². The molecule has 0 aliphatic rings. The van der Waals surface area contributed by atoms with Gasteiger partial charge in [-0.25, -0.2) is 0 Å². The zero-order valence-corrected chi connectivity index (χ0v) is 14.6. The Bertz CT molecular complexity index is 370. The maximum Gasteiger partial charge on any atom is 1.00 e. The van der Waals surface area contributed by atoms with Gasteiger partial charge in [0.1, 0.15) is 0 Å². The zero-order chi connectivity index (χ0) is 14.9. The quantitative estimate of drug-likeness (QED) is 0.331. The van der Waals surface area contributed by atoms with E-state index in [0.29, 0.717) is 0 Å². The molecule has 0 bridgehead atoms. The van der Waals surface area contributed by atoms with Crippen molar-refractivity contribution in [1.29, 1.82) is 0 Å². The molecular formula is C13H13KO6-2. The first kappa shape index (κ1) is 24.1. The molecule has 104 valence electrons. The minimum Gasteiger partial charge on any atom is -0.655 e. The van der Waals surface area contributed by atoms with Crippen LogP contribution in [0.15, 0.2) is 36.4 Å². The Kier molecular flexibility index (Phi) is 24.4. The molecule has 0 radical (unpaired) electrons. The van der Waals surface area contributed by atoms with E-state index in [-0.39, 0.29) is 51.4 Å². The van der Waals surface area contributed by atoms with Gasteiger partial charge in [0.15, 0.2) is 0 Å². The molecule has 0 fully saturated rings. The smallest absolute Gasteiger partial charge is 0.655 e. The van der Waals surface area contributed by atoms with Gasteiger partial charge in [-0.2, -0.15) is 0 Å². The van der Waals surface area contributed by atoms with Crippen LogP contribution in [0.25, 0.3) is 6.08 Å². The number of methoxy groups -OCH3 is 2. The fraction of sp³-hybridized carbons (Fsp3) is 0.154. The fourth-order valence-electron chi connectivity index (χ4n) is 0.728. The Morgan fingerprint density at radius 3 is 1.80 bits per heavy atom.